The van der Waals surface area contributed by atoms with Crippen LogP contribution in [0.1, 0.15) is 41.9 Å². The number of halogens is 1. The molecule has 1 aromatic heterocycles. The third-order valence-corrected chi connectivity index (χ3v) is 8.23. The minimum Gasteiger partial charge on any atom is -0.481 e. The van der Waals surface area contributed by atoms with Crippen LogP contribution in [0.5, 0.6) is 0 Å². The van der Waals surface area contributed by atoms with Gasteiger partial charge in [-0.2, -0.15) is 0 Å². The van der Waals surface area contributed by atoms with Gasteiger partial charge in [-0.3, -0.25) is 4.79 Å². The number of benzene rings is 3. The van der Waals surface area contributed by atoms with Crippen molar-refractivity contribution in [3.8, 4) is 0 Å². The van der Waals surface area contributed by atoms with Gasteiger partial charge in [-0.15, -0.1) is 0 Å². The van der Waals surface area contributed by atoms with Crippen molar-refractivity contribution in [3.05, 3.63) is 101 Å². The topological polar surface area (TPSA) is 62.5 Å². The molecule has 4 atom stereocenters. The quantitative estimate of drug-likeness (QED) is 0.335. The van der Waals surface area contributed by atoms with Gasteiger partial charge in [0.05, 0.1) is 12.2 Å². The maximum Gasteiger partial charge on any atom is 0.308 e. The van der Waals surface area contributed by atoms with Gasteiger partial charge in [-0.1, -0.05) is 54.1 Å². The number of carboxylic acids is 1. The molecule has 172 valence electrons. The summed E-state index contributed by atoms with van der Waals surface area (Å²) >= 11 is 6.23. The number of furan rings is 1. The van der Waals surface area contributed by atoms with E-state index in [0.717, 1.165) is 35.9 Å². The van der Waals surface area contributed by atoms with Crippen molar-refractivity contribution >= 4 is 34.2 Å². The molecule has 0 bridgehead atoms. The highest BCUT2D eigenvalue weighted by atomic mass is 35.5. The van der Waals surface area contributed by atoms with Crippen LogP contribution in [-0.2, 0) is 16.6 Å². The normalized spacial score (nSPS) is 26.0. The molecule has 5 heteroatoms. The molecule has 4 aromatic rings. The number of carbonyl (C=O) groups is 1. The van der Waals surface area contributed by atoms with Gasteiger partial charge >= 0.3 is 5.97 Å². The molecule has 0 radical (unpaired) electrons. The number of rotatable bonds is 4. The summed E-state index contributed by atoms with van der Waals surface area (Å²) in [5, 5.41) is 15.4. The van der Waals surface area contributed by atoms with Gasteiger partial charge in [0.1, 0.15) is 5.58 Å². The SMILES string of the molecule is O=C(O)[C@H]1CC[C@]2(CC1Nc1cccc(Cl)c1)c1ccccc1C[C@H]2c1ccc2ccoc2c1. The highest BCUT2D eigenvalue weighted by Gasteiger charge is 2.52. The highest BCUT2D eigenvalue weighted by Crippen LogP contribution is 2.57. The molecule has 1 unspecified atom stereocenters. The fourth-order valence-electron chi connectivity index (χ4n) is 6.46. The molecule has 0 amide bonds. The lowest BCUT2D eigenvalue weighted by molar-refractivity contribution is -0.143. The molecule has 2 aliphatic carbocycles. The van der Waals surface area contributed by atoms with Crippen molar-refractivity contribution in [1.29, 1.82) is 0 Å². The molecule has 1 saturated carbocycles. The van der Waals surface area contributed by atoms with E-state index in [1.54, 1.807) is 6.26 Å². The van der Waals surface area contributed by atoms with Crippen LogP contribution in [0.2, 0.25) is 5.02 Å². The van der Waals surface area contributed by atoms with Crippen LogP contribution >= 0.6 is 11.6 Å². The summed E-state index contributed by atoms with van der Waals surface area (Å²) in [6.45, 7) is 0. The summed E-state index contributed by atoms with van der Waals surface area (Å²) in [4.78, 5) is 12.3. The molecule has 0 saturated heterocycles. The van der Waals surface area contributed by atoms with E-state index >= 15 is 0 Å². The Morgan fingerprint density at radius 2 is 1.94 bits per heavy atom. The van der Waals surface area contributed by atoms with Crippen LogP contribution < -0.4 is 5.32 Å². The van der Waals surface area contributed by atoms with Gasteiger partial charge < -0.3 is 14.8 Å². The third kappa shape index (κ3) is 3.48. The predicted octanol–water partition coefficient (Wildman–Crippen LogP) is 7.03. The second kappa shape index (κ2) is 8.21. The van der Waals surface area contributed by atoms with E-state index in [9.17, 15) is 9.90 Å². The summed E-state index contributed by atoms with van der Waals surface area (Å²) in [6.07, 6.45) is 4.89. The maximum absolute atomic E-state index is 12.3. The molecule has 4 nitrogen and oxygen atoms in total. The van der Waals surface area contributed by atoms with Gasteiger partial charge in [0, 0.05) is 27.6 Å². The minimum absolute atomic E-state index is 0.140. The van der Waals surface area contributed by atoms with Crippen molar-refractivity contribution in [2.45, 2.75) is 43.1 Å². The molecule has 1 spiro atoms. The zero-order chi connectivity index (χ0) is 23.3. The zero-order valence-electron chi connectivity index (χ0n) is 18.7. The van der Waals surface area contributed by atoms with Crippen molar-refractivity contribution in [3.63, 3.8) is 0 Å². The van der Waals surface area contributed by atoms with Gasteiger partial charge in [0.2, 0.25) is 0 Å². The summed E-state index contributed by atoms with van der Waals surface area (Å²) in [7, 11) is 0. The molecule has 0 aliphatic heterocycles. The van der Waals surface area contributed by atoms with Crippen LogP contribution in [0.4, 0.5) is 5.69 Å². The Hall–Kier alpha value is -3.24. The molecule has 2 N–H and O–H groups in total. The standard InChI is InChI=1S/C29H26ClNO3/c30-21-5-3-6-22(16-21)31-26-17-29(12-10-23(26)28(32)33)24-7-2-1-4-19(24)14-25(29)20-9-8-18-11-13-34-27(18)15-20/h1-9,11,13,15-16,23,25-26,31H,10,12,14,17H2,(H,32,33)/t23-,25-,26?,29-/m0/s1. The zero-order valence-corrected chi connectivity index (χ0v) is 19.5. The molecule has 2 aliphatic rings. The number of fused-ring (bicyclic) bond motifs is 3. The van der Waals surface area contributed by atoms with Crippen LogP contribution in [0.15, 0.2) is 83.5 Å². The lowest BCUT2D eigenvalue weighted by atomic mass is 9.60. The summed E-state index contributed by atoms with van der Waals surface area (Å²) in [5.74, 6) is -0.933. The fraction of sp³-hybridized carbons (Fsp3) is 0.276. The number of anilines is 1. The smallest absolute Gasteiger partial charge is 0.308 e. The number of hydrogen-bond acceptors (Lipinski definition) is 3. The minimum atomic E-state index is -0.741. The Balaban J connectivity index is 1.43. The van der Waals surface area contributed by atoms with Gasteiger partial charge in [0.25, 0.3) is 0 Å². The first kappa shape index (κ1) is 21.3. The Labute approximate surface area is 203 Å². The molecule has 3 aromatic carbocycles. The Morgan fingerprint density at radius 3 is 2.79 bits per heavy atom. The van der Waals surface area contributed by atoms with E-state index < -0.39 is 11.9 Å². The van der Waals surface area contributed by atoms with E-state index in [4.69, 9.17) is 16.0 Å². The second-order valence-corrected chi connectivity index (χ2v) is 10.2. The first-order chi connectivity index (χ1) is 16.5. The molecular formula is C29H26ClNO3. The second-order valence-electron chi connectivity index (χ2n) is 9.74. The number of nitrogens with one attached hydrogen (secondary N) is 1. The number of hydrogen-bond donors (Lipinski definition) is 2. The molecule has 1 fully saturated rings. The van der Waals surface area contributed by atoms with Gasteiger partial charge in [-0.25, -0.2) is 0 Å². The number of aliphatic carboxylic acids is 1. The third-order valence-electron chi connectivity index (χ3n) is 7.99. The van der Waals surface area contributed by atoms with Crippen molar-refractivity contribution in [2.75, 3.05) is 5.32 Å². The van der Waals surface area contributed by atoms with E-state index in [-0.39, 0.29) is 17.4 Å². The Morgan fingerprint density at radius 1 is 1.06 bits per heavy atom. The summed E-state index contributed by atoms with van der Waals surface area (Å²) in [6, 6.07) is 24.6. The first-order valence-corrected chi connectivity index (χ1v) is 12.2. The summed E-state index contributed by atoms with van der Waals surface area (Å²) < 4.78 is 5.73. The Bertz CT molecular complexity index is 1380. The molecule has 6 rings (SSSR count). The van der Waals surface area contributed by atoms with E-state index in [2.05, 4.69) is 47.8 Å². The van der Waals surface area contributed by atoms with Crippen LogP contribution in [0.25, 0.3) is 11.0 Å². The average Bonchev–Trinajstić information content (AvgIpc) is 3.42. The average molecular weight is 472 g/mol. The van der Waals surface area contributed by atoms with Crippen LogP contribution in [0, 0.1) is 5.92 Å². The predicted molar refractivity (Wildman–Crippen MR) is 135 cm³/mol. The van der Waals surface area contributed by atoms with Crippen LogP contribution in [-0.4, -0.2) is 17.1 Å². The van der Waals surface area contributed by atoms with Crippen LogP contribution in [0.3, 0.4) is 0 Å². The summed E-state index contributed by atoms with van der Waals surface area (Å²) in [5.41, 5.74) is 5.61. The van der Waals surface area contributed by atoms with E-state index in [1.165, 1.54) is 16.7 Å². The molecule has 1 heterocycles. The van der Waals surface area contributed by atoms with Crippen molar-refractivity contribution < 1.29 is 14.3 Å². The lowest BCUT2D eigenvalue weighted by Crippen LogP contribution is -2.47. The first-order valence-electron chi connectivity index (χ1n) is 11.8. The highest BCUT2D eigenvalue weighted by molar-refractivity contribution is 6.30. The van der Waals surface area contributed by atoms with Crippen molar-refractivity contribution in [2.24, 2.45) is 5.92 Å². The maximum atomic E-state index is 12.3. The van der Waals surface area contributed by atoms with E-state index in [1.807, 2.05) is 30.3 Å². The van der Waals surface area contributed by atoms with Gasteiger partial charge in [-0.05, 0) is 78.6 Å². The van der Waals surface area contributed by atoms with E-state index in [0.29, 0.717) is 11.4 Å². The Kier molecular flexibility index (Phi) is 5.14. The lowest BCUT2D eigenvalue weighted by Gasteiger charge is -2.46. The molecule has 34 heavy (non-hydrogen) atoms. The fourth-order valence-corrected chi connectivity index (χ4v) is 6.65. The van der Waals surface area contributed by atoms with Crippen molar-refractivity contribution in [1.82, 2.24) is 0 Å². The monoisotopic (exact) mass is 471 g/mol. The number of carboxylic acid groups (broad SMARTS) is 1. The van der Waals surface area contributed by atoms with Gasteiger partial charge in [0.15, 0.2) is 0 Å². The molecular weight excluding hydrogens is 446 g/mol. The largest absolute Gasteiger partial charge is 0.481 e.